The van der Waals surface area contributed by atoms with Crippen LogP contribution in [0, 0.1) is 0 Å². The Morgan fingerprint density at radius 1 is 0.788 bits per heavy atom. The second-order valence-electron chi connectivity index (χ2n) is 8.28. The van der Waals surface area contributed by atoms with Crippen LogP contribution in [0.2, 0.25) is 10.0 Å². The Morgan fingerprint density at radius 2 is 1.45 bits per heavy atom. The Kier molecular flexibility index (Phi) is 8.22. The summed E-state index contributed by atoms with van der Waals surface area (Å²) >= 11 is 13.1. The summed E-state index contributed by atoms with van der Waals surface area (Å²) in [5.74, 6) is 1.02. The fourth-order valence-electron chi connectivity index (χ4n) is 4.07. The van der Waals surface area contributed by atoms with Gasteiger partial charge in [0.1, 0.15) is 5.82 Å². The SMILES string of the molecule is CCCCn1c(CN(Cc2ccccc2)Cc2c(Cl)cccc2Cl)cnc1-c1ccccc1. The number of hydrogen-bond donors (Lipinski definition) is 0. The van der Waals surface area contributed by atoms with E-state index in [9.17, 15) is 0 Å². The molecule has 0 saturated carbocycles. The third-order valence-corrected chi connectivity index (χ3v) is 6.49. The zero-order chi connectivity index (χ0) is 23.0. The van der Waals surface area contributed by atoms with Gasteiger partial charge in [-0.1, -0.05) is 103 Å². The summed E-state index contributed by atoms with van der Waals surface area (Å²) in [7, 11) is 0. The summed E-state index contributed by atoms with van der Waals surface area (Å²) in [4.78, 5) is 7.21. The molecule has 3 aromatic carbocycles. The summed E-state index contributed by atoms with van der Waals surface area (Å²) in [6.45, 7) is 5.37. The van der Waals surface area contributed by atoms with Gasteiger partial charge in [0.25, 0.3) is 0 Å². The lowest BCUT2D eigenvalue weighted by Crippen LogP contribution is -2.24. The van der Waals surface area contributed by atoms with Crippen LogP contribution in [-0.2, 0) is 26.2 Å². The summed E-state index contributed by atoms with van der Waals surface area (Å²) < 4.78 is 2.37. The fourth-order valence-corrected chi connectivity index (χ4v) is 4.58. The van der Waals surface area contributed by atoms with Crippen LogP contribution in [0.5, 0.6) is 0 Å². The normalized spacial score (nSPS) is 11.3. The van der Waals surface area contributed by atoms with Gasteiger partial charge in [0, 0.05) is 47.4 Å². The van der Waals surface area contributed by atoms with Gasteiger partial charge in [0.15, 0.2) is 0 Å². The molecule has 1 aromatic heterocycles. The van der Waals surface area contributed by atoms with Crippen molar-refractivity contribution in [1.29, 1.82) is 0 Å². The van der Waals surface area contributed by atoms with E-state index in [1.807, 2.05) is 36.5 Å². The molecular formula is C28H29Cl2N3. The van der Waals surface area contributed by atoms with Gasteiger partial charge in [-0.25, -0.2) is 4.98 Å². The molecular weight excluding hydrogens is 449 g/mol. The number of benzene rings is 3. The predicted octanol–water partition coefficient (Wildman–Crippen LogP) is 7.86. The van der Waals surface area contributed by atoms with Crippen molar-refractivity contribution in [3.05, 3.63) is 112 Å². The maximum atomic E-state index is 6.53. The Balaban J connectivity index is 1.67. The molecule has 170 valence electrons. The van der Waals surface area contributed by atoms with Gasteiger partial charge in [-0.3, -0.25) is 4.90 Å². The van der Waals surface area contributed by atoms with Crippen LogP contribution >= 0.6 is 23.2 Å². The van der Waals surface area contributed by atoms with Gasteiger partial charge in [-0.2, -0.15) is 0 Å². The van der Waals surface area contributed by atoms with E-state index in [0.29, 0.717) is 16.6 Å². The number of aromatic nitrogens is 2. The van der Waals surface area contributed by atoms with Crippen LogP contribution in [0.25, 0.3) is 11.4 Å². The molecule has 0 aliphatic heterocycles. The van der Waals surface area contributed by atoms with Crippen LogP contribution in [0.3, 0.4) is 0 Å². The first kappa shape index (κ1) is 23.6. The van der Waals surface area contributed by atoms with Gasteiger partial charge in [-0.05, 0) is 24.1 Å². The molecule has 4 rings (SSSR count). The first-order valence-electron chi connectivity index (χ1n) is 11.4. The monoisotopic (exact) mass is 477 g/mol. The van der Waals surface area contributed by atoms with Gasteiger partial charge in [0.2, 0.25) is 0 Å². The predicted molar refractivity (Wildman–Crippen MR) is 138 cm³/mol. The van der Waals surface area contributed by atoms with Crippen molar-refractivity contribution in [1.82, 2.24) is 14.5 Å². The van der Waals surface area contributed by atoms with Crippen molar-refractivity contribution in [3.63, 3.8) is 0 Å². The zero-order valence-corrected chi connectivity index (χ0v) is 20.4. The van der Waals surface area contributed by atoms with Crippen molar-refractivity contribution in [2.75, 3.05) is 0 Å². The summed E-state index contributed by atoms with van der Waals surface area (Å²) in [5.41, 5.74) is 4.55. The summed E-state index contributed by atoms with van der Waals surface area (Å²) in [6.07, 6.45) is 4.26. The van der Waals surface area contributed by atoms with Crippen molar-refractivity contribution < 1.29 is 0 Å². The van der Waals surface area contributed by atoms with Gasteiger partial charge in [-0.15, -0.1) is 0 Å². The van der Waals surface area contributed by atoms with Crippen molar-refractivity contribution in [2.45, 2.75) is 45.9 Å². The number of nitrogens with zero attached hydrogens (tertiary/aromatic N) is 3. The lowest BCUT2D eigenvalue weighted by molar-refractivity contribution is 0.241. The van der Waals surface area contributed by atoms with Crippen molar-refractivity contribution in [2.24, 2.45) is 0 Å². The van der Waals surface area contributed by atoms with E-state index >= 15 is 0 Å². The summed E-state index contributed by atoms with van der Waals surface area (Å²) in [5, 5.41) is 1.40. The highest BCUT2D eigenvalue weighted by Crippen LogP contribution is 2.28. The Labute approximate surface area is 206 Å². The number of unbranched alkanes of at least 4 members (excludes halogenated alkanes) is 1. The third kappa shape index (κ3) is 6.05. The molecule has 3 nitrogen and oxygen atoms in total. The highest BCUT2D eigenvalue weighted by molar-refractivity contribution is 6.35. The smallest absolute Gasteiger partial charge is 0.140 e. The first-order chi connectivity index (χ1) is 16.2. The van der Waals surface area contributed by atoms with Crippen LogP contribution in [0.4, 0.5) is 0 Å². The topological polar surface area (TPSA) is 21.1 Å². The Bertz CT molecular complexity index is 1140. The number of imidazole rings is 1. The fraction of sp³-hybridized carbons (Fsp3) is 0.250. The molecule has 0 aliphatic rings. The molecule has 0 unspecified atom stereocenters. The zero-order valence-electron chi connectivity index (χ0n) is 18.9. The second-order valence-corrected chi connectivity index (χ2v) is 9.09. The highest BCUT2D eigenvalue weighted by atomic mass is 35.5. The van der Waals surface area contributed by atoms with Crippen LogP contribution in [0.1, 0.15) is 36.6 Å². The Hall–Kier alpha value is -2.59. The second kappa shape index (κ2) is 11.5. The van der Waals surface area contributed by atoms with E-state index in [1.54, 1.807) is 0 Å². The molecule has 5 heteroatoms. The number of rotatable bonds is 10. The van der Waals surface area contributed by atoms with Crippen LogP contribution in [0.15, 0.2) is 85.1 Å². The lowest BCUT2D eigenvalue weighted by Gasteiger charge is -2.24. The van der Waals surface area contributed by atoms with E-state index in [-0.39, 0.29) is 0 Å². The van der Waals surface area contributed by atoms with Crippen molar-refractivity contribution in [3.8, 4) is 11.4 Å². The highest BCUT2D eigenvalue weighted by Gasteiger charge is 2.17. The van der Waals surface area contributed by atoms with E-state index in [4.69, 9.17) is 28.2 Å². The molecule has 0 N–H and O–H groups in total. The average Bonchev–Trinajstić information content (AvgIpc) is 3.23. The minimum absolute atomic E-state index is 0.660. The lowest BCUT2D eigenvalue weighted by atomic mass is 10.1. The van der Waals surface area contributed by atoms with Crippen LogP contribution < -0.4 is 0 Å². The maximum Gasteiger partial charge on any atom is 0.140 e. The molecule has 4 aromatic rings. The molecule has 0 amide bonds. The van der Waals surface area contributed by atoms with E-state index in [2.05, 4.69) is 64.9 Å². The molecule has 0 atom stereocenters. The van der Waals surface area contributed by atoms with E-state index < -0.39 is 0 Å². The van der Waals surface area contributed by atoms with Gasteiger partial charge in [0.05, 0.1) is 11.9 Å². The molecule has 0 fully saturated rings. The molecule has 0 saturated heterocycles. The quantitative estimate of drug-likeness (QED) is 0.231. The minimum Gasteiger partial charge on any atom is -0.327 e. The van der Waals surface area contributed by atoms with E-state index in [1.165, 1.54) is 11.3 Å². The molecule has 33 heavy (non-hydrogen) atoms. The Morgan fingerprint density at radius 3 is 2.12 bits per heavy atom. The van der Waals surface area contributed by atoms with Gasteiger partial charge >= 0.3 is 0 Å². The molecule has 0 radical (unpaired) electrons. The molecule has 1 heterocycles. The van der Waals surface area contributed by atoms with Crippen molar-refractivity contribution >= 4 is 23.2 Å². The standard InChI is InChI=1S/C28H29Cl2N3/c1-2-3-17-33-24(18-31-28(33)23-13-8-5-9-14-23)20-32(19-22-11-6-4-7-12-22)21-25-26(29)15-10-16-27(25)30/h4-16,18H,2-3,17,19-21H2,1H3. The average molecular weight is 478 g/mol. The molecule has 0 aliphatic carbocycles. The van der Waals surface area contributed by atoms with Crippen LogP contribution in [-0.4, -0.2) is 14.5 Å². The molecule has 0 spiro atoms. The minimum atomic E-state index is 0.660. The maximum absolute atomic E-state index is 6.53. The van der Waals surface area contributed by atoms with E-state index in [0.717, 1.165) is 49.4 Å². The first-order valence-corrected chi connectivity index (χ1v) is 12.2. The number of halogens is 2. The van der Waals surface area contributed by atoms with Gasteiger partial charge < -0.3 is 4.57 Å². The molecule has 0 bridgehead atoms. The number of hydrogen-bond acceptors (Lipinski definition) is 2. The largest absolute Gasteiger partial charge is 0.327 e. The third-order valence-electron chi connectivity index (χ3n) is 5.78. The summed E-state index contributed by atoms with van der Waals surface area (Å²) in [6, 6.07) is 26.6.